The largest absolute Gasteiger partial charge is 0.420 e. The van der Waals surface area contributed by atoms with E-state index in [1.54, 1.807) is 50.2 Å². The minimum Gasteiger partial charge on any atom is -0.408 e. The third-order valence-electron chi connectivity index (χ3n) is 4.68. The van der Waals surface area contributed by atoms with E-state index < -0.39 is 17.2 Å². The van der Waals surface area contributed by atoms with Crippen molar-refractivity contribution in [3.8, 4) is 0 Å². The molecule has 27 heavy (non-hydrogen) atoms. The monoisotopic (exact) mass is 385 g/mol. The van der Waals surface area contributed by atoms with E-state index in [9.17, 15) is 14.4 Å². The van der Waals surface area contributed by atoms with Gasteiger partial charge < -0.3 is 9.73 Å². The molecule has 0 saturated heterocycles. The number of oxazole rings is 1. The van der Waals surface area contributed by atoms with Gasteiger partial charge in [0.15, 0.2) is 5.58 Å². The Hall–Kier alpha value is -3.06. The van der Waals surface area contributed by atoms with Gasteiger partial charge in [-0.05, 0) is 38.1 Å². The van der Waals surface area contributed by atoms with Crippen molar-refractivity contribution in [1.82, 2.24) is 4.57 Å². The standard InChI is InChI=1S/C19H16ClN3O4/c1-19(2)17(25)21-12-5-3-4-6-13(12)23(19)16(24)10-22-14-8-7-11(20)9-15(14)27-18(22)26/h3-9H,10H2,1-2H3,(H,21,25). The fourth-order valence-corrected chi connectivity index (χ4v) is 3.46. The molecule has 1 N–H and O–H groups in total. The number of nitrogens with one attached hydrogen (secondary N) is 1. The Kier molecular flexibility index (Phi) is 3.85. The normalized spacial score (nSPS) is 15.5. The Morgan fingerprint density at radius 2 is 1.93 bits per heavy atom. The third-order valence-corrected chi connectivity index (χ3v) is 4.92. The van der Waals surface area contributed by atoms with Crippen molar-refractivity contribution in [2.24, 2.45) is 0 Å². The molecule has 7 nitrogen and oxygen atoms in total. The van der Waals surface area contributed by atoms with Gasteiger partial charge in [-0.1, -0.05) is 23.7 Å². The molecule has 2 aromatic carbocycles. The molecule has 2 amide bonds. The van der Waals surface area contributed by atoms with Crippen molar-refractivity contribution in [3.63, 3.8) is 0 Å². The molecule has 0 atom stereocenters. The maximum atomic E-state index is 13.2. The highest BCUT2D eigenvalue weighted by Gasteiger charge is 2.43. The average molecular weight is 386 g/mol. The zero-order valence-corrected chi connectivity index (χ0v) is 15.4. The highest BCUT2D eigenvalue weighted by molar-refractivity contribution is 6.31. The summed E-state index contributed by atoms with van der Waals surface area (Å²) in [6.45, 7) is 3.05. The molecular formula is C19H16ClN3O4. The second kappa shape index (κ2) is 5.99. The summed E-state index contributed by atoms with van der Waals surface area (Å²) >= 11 is 5.93. The number of amides is 2. The number of para-hydroxylation sites is 2. The topological polar surface area (TPSA) is 84.5 Å². The first-order valence-electron chi connectivity index (χ1n) is 8.31. The van der Waals surface area contributed by atoms with Crippen LogP contribution in [0.2, 0.25) is 5.02 Å². The average Bonchev–Trinajstić information content (AvgIpc) is 2.90. The molecule has 0 fully saturated rings. The Morgan fingerprint density at radius 3 is 2.70 bits per heavy atom. The molecule has 0 spiro atoms. The Balaban J connectivity index is 1.78. The molecule has 3 aromatic rings. The van der Waals surface area contributed by atoms with Crippen molar-refractivity contribution in [2.45, 2.75) is 25.9 Å². The second-order valence-corrected chi connectivity index (χ2v) is 7.26. The molecule has 138 valence electrons. The Morgan fingerprint density at radius 1 is 1.19 bits per heavy atom. The highest BCUT2D eigenvalue weighted by Crippen LogP contribution is 2.36. The third kappa shape index (κ3) is 2.71. The molecule has 1 aliphatic heterocycles. The summed E-state index contributed by atoms with van der Waals surface area (Å²) in [4.78, 5) is 39.3. The number of anilines is 2. The maximum Gasteiger partial charge on any atom is 0.420 e. The summed E-state index contributed by atoms with van der Waals surface area (Å²) in [5, 5.41) is 3.23. The van der Waals surface area contributed by atoms with E-state index in [0.29, 0.717) is 27.5 Å². The molecule has 0 unspecified atom stereocenters. The number of hydrogen-bond donors (Lipinski definition) is 1. The number of benzene rings is 2. The van der Waals surface area contributed by atoms with Gasteiger partial charge in [0.1, 0.15) is 12.1 Å². The molecule has 0 radical (unpaired) electrons. The van der Waals surface area contributed by atoms with Crippen LogP contribution in [0.4, 0.5) is 11.4 Å². The van der Waals surface area contributed by atoms with Gasteiger partial charge in [0.05, 0.1) is 16.9 Å². The van der Waals surface area contributed by atoms with Crippen LogP contribution in [0.3, 0.4) is 0 Å². The van der Waals surface area contributed by atoms with Crippen molar-refractivity contribution in [3.05, 3.63) is 58.0 Å². The molecule has 0 saturated carbocycles. The summed E-state index contributed by atoms with van der Waals surface area (Å²) in [5.41, 5.74) is 0.779. The lowest BCUT2D eigenvalue weighted by Crippen LogP contribution is -2.59. The lowest BCUT2D eigenvalue weighted by Gasteiger charge is -2.42. The van der Waals surface area contributed by atoms with Crippen LogP contribution in [-0.4, -0.2) is 21.9 Å². The van der Waals surface area contributed by atoms with Crippen molar-refractivity contribution >= 4 is 45.9 Å². The summed E-state index contributed by atoms with van der Waals surface area (Å²) in [6.07, 6.45) is 0. The van der Waals surface area contributed by atoms with Crippen LogP contribution in [0.15, 0.2) is 51.7 Å². The lowest BCUT2D eigenvalue weighted by molar-refractivity contribution is -0.126. The molecule has 1 aromatic heterocycles. The van der Waals surface area contributed by atoms with Gasteiger partial charge >= 0.3 is 5.76 Å². The van der Waals surface area contributed by atoms with E-state index in [1.165, 1.54) is 15.5 Å². The van der Waals surface area contributed by atoms with Gasteiger partial charge in [-0.15, -0.1) is 0 Å². The highest BCUT2D eigenvalue weighted by atomic mass is 35.5. The number of hydrogen-bond acceptors (Lipinski definition) is 4. The molecule has 0 aliphatic carbocycles. The van der Waals surface area contributed by atoms with E-state index >= 15 is 0 Å². The number of carbonyl (C=O) groups is 2. The molecule has 4 rings (SSSR count). The number of aromatic nitrogens is 1. The second-order valence-electron chi connectivity index (χ2n) is 6.83. The first-order valence-corrected chi connectivity index (χ1v) is 8.69. The molecule has 8 heteroatoms. The minimum absolute atomic E-state index is 0.265. The van der Waals surface area contributed by atoms with E-state index in [4.69, 9.17) is 16.0 Å². The van der Waals surface area contributed by atoms with Crippen LogP contribution in [0, 0.1) is 0 Å². The first kappa shape index (κ1) is 17.4. The van der Waals surface area contributed by atoms with Crippen LogP contribution in [0.25, 0.3) is 11.1 Å². The number of fused-ring (bicyclic) bond motifs is 2. The predicted molar refractivity (Wildman–Crippen MR) is 102 cm³/mol. The van der Waals surface area contributed by atoms with E-state index in [2.05, 4.69) is 5.32 Å². The van der Waals surface area contributed by atoms with Gasteiger partial charge in [0.25, 0.3) is 0 Å². The van der Waals surface area contributed by atoms with E-state index in [1.807, 2.05) is 0 Å². The van der Waals surface area contributed by atoms with Gasteiger partial charge in [-0.2, -0.15) is 0 Å². The fraction of sp³-hybridized carbons (Fsp3) is 0.211. The van der Waals surface area contributed by atoms with E-state index in [-0.39, 0.29) is 12.5 Å². The predicted octanol–water partition coefficient (Wildman–Crippen LogP) is 3.01. The quantitative estimate of drug-likeness (QED) is 0.734. The SMILES string of the molecule is CC1(C)C(=O)Nc2ccccc2N1C(=O)Cn1c(=O)oc2cc(Cl)ccc21. The van der Waals surface area contributed by atoms with Gasteiger partial charge in [-0.25, -0.2) is 4.79 Å². The summed E-state index contributed by atoms with van der Waals surface area (Å²) < 4.78 is 6.42. The lowest BCUT2D eigenvalue weighted by atomic mass is 9.96. The minimum atomic E-state index is -1.11. The molecule has 0 bridgehead atoms. The summed E-state index contributed by atoms with van der Waals surface area (Å²) in [6, 6.07) is 11.8. The summed E-state index contributed by atoms with van der Waals surface area (Å²) in [5.74, 6) is -1.36. The number of carbonyl (C=O) groups excluding carboxylic acids is 2. The number of nitrogens with zero attached hydrogens (tertiary/aromatic N) is 2. The molecule has 1 aliphatic rings. The van der Waals surface area contributed by atoms with Crippen molar-refractivity contribution in [1.29, 1.82) is 0 Å². The van der Waals surface area contributed by atoms with Gasteiger partial charge in [0, 0.05) is 11.1 Å². The zero-order chi connectivity index (χ0) is 19.3. The van der Waals surface area contributed by atoms with Crippen LogP contribution >= 0.6 is 11.6 Å². The van der Waals surface area contributed by atoms with E-state index in [0.717, 1.165) is 0 Å². The molecule has 2 heterocycles. The fourth-order valence-electron chi connectivity index (χ4n) is 3.29. The maximum absolute atomic E-state index is 13.2. The van der Waals surface area contributed by atoms with Crippen molar-refractivity contribution in [2.75, 3.05) is 10.2 Å². The van der Waals surface area contributed by atoms with Crippen molar-refractivity contribution < 1.29 is 14.0 Å². The Labute approximate surface area is 159 Å². The van der Waals surface area contributed by atoms with Crippen LogP contribution < -0.4 is 16.0 Å². The number of halogens is 1. The van der Waals surface area contributed by atoms with Crippen LogP contribution in [0.5, 0.6) is 0 Å². The van der Waals surface area contributed by atoms with Gasteiger partial charge in [0.2, 0.25) is 11.8 Å². The van der Waals surface area contributed by atoms with Crippen LogP contribution in [0.1, 0.15) is 13.8 Å². The zero-order valence-electron chi connectivity index (χ0n) is 14.7. The first-order chi connectivity index (χ1) is 12.8. The smallest absolute Gasteiger partial charge is 0.408 e. The summed E-state index contributed by atoms with van der Waals surface area (Å²) in [7, 11) is 0. The van der Waals surface area contributed by atoms with Gasteiger partial charge in [-0.3, -0.25) is 19.1 Å². The number of rotatable bonds is 2. The molecular weight excluding hydrogens is 370 g/mol. The Bertz CT molecular complexity index is 1150. The van der Waals surface area contributed by atoms with Crippen LogP contribution in [-0.2, 0) is 16.1 Å².